The summed E-state index contributed by atoms with van der Waals surface area (Å²) in [5.41, 5.74) is 0.813. The number of amides is 1. The van der Waals surface area contributed by atoms with Gasteiger partial charge in [-0.25, -0.2) is 9.07 Å². The standard InChI is InChI=1S/C16H17FN4O4/c17-12-3-1-2-11(6-12)8-20-9-14(18-19-20)16(24)21-4-5-25-10-13(21)7-15(22)23/h1-3,6,9,13H,4-5,7-8,10H2,(H,22,23). The van der Waals surface area contributed by atoms with Crippen LogP contribution in [0.2, 0.25) is 0 Å². The van der Waals surface area contributed by atoms with E-state index in [4.69, 9.17) is 9.84 Å². The number of carboxylic acid groups (broad SMARTS) is 1. The summed E-state index contributed by atoms with van der Waals surface area (Å²) in [6.45, 7) is 1.10. The molecule has 1 aliphatic heterocycles. The van der Waals surface area contributed by atoms with Crippen molar-refractivity contribution in [1.29, 1.82) is 0 Å². The summed E-state index contributed by atoms with van der Waals surface area (Å²) in [4.78, 5) is 25.0. The van der Waals surface area contributed by atoms with Crippen LogP contribution < -0.4 is 0 Å². The Balaban J connectivity index is 1.72. The van der Waals surface area contributed by atoms with Gasteiger partial charge >= 0.3 is 5.97 Å². The summed E-state index contributed by atoms with van der Waals surface area (Å²) in [6.07, 6.45) is 1.28. The first-order valence-corrected chi connectivity index (χ1v) is 7.78. The molecule has 0 radical (unpaired) electrons. The maximum atomic E-state index is 13.2. The van der Waals surface area contributed by atoms with Crippen LogP contribution in [0, 0.1) is 5.82 Å². The summed E-state index contributed by atoms with van der Waals surface area (Å²) < 4.78 is 19.9. The third-order valence-electron chi connectivity index (χ3n) is 3.89. The molecule has 1 N–H and O–H groups in total. The molecule has 1 aromatic heterocycles. The smallest absolute Gasteiger partial charge is 0.305 e. The maximum absolute atomic E-state index is 13.2. The Hall–Kier alpha value is -2.81. The van der Waals surface area contributed by atoms with E-state index in [0.717, 1.165) is 0 Å². The van der Waals surface area contributed by atoms with Gasteiger partial charge in [-0.3, -0.25) is 9.59 Å². The molecule has 0 saturated carbocycles. The first-order chi connectivity index (χ1) is 12.0. The van der Waals surface area contributed by atoms with Crippen LogP contribution in [0.4, 0.5) is 4.39 Å². The zero-order valence-corrected chi connectivity index (χ0v) is 13.3. The molecular formula is C16H17FN4O4. The first-order valence-electron chi connectivity index (χ1n) is 7.78. The van der Waals surface area contributed by atoms with Crippen molar-refractivity contribution in [3.63, 3.8) is 0 Å². The molecule has 1 unspecified atom stereocenters. The fourth-order valence-electron chi connectivity index (χ4n) is 2.74. The summed E-state index contributed by atoms with van der Waals surface area (Å²) >= 11 is 0. The van der Waals surface area contributed by atoms with Gasteiger partial charge in [0, 0.05) is 6.54 Å². The molecular weight excluding hydrogens is 331 g/mol. The minimum absolute atomic E-state index is 0.119. The summed E-state index contributed by atoms with van der Waals surface area (Å²) in [6, 6.07) is 5.54. The van der Waals surface area contributed by atoms with Crippen molar-refractivity contribution < 1.29 is 23.8 Å². The van der Waals surface area contributed by atoms with Crippen LogP contribution in [0.25, 0.3) is 0 Å². The first kappa shape index (κ1) is 17.0. The molecule has 9 heteroatoms. The lowest BCUT2D eigenvalue weighted by atomic mass is 10.1. The molecule has 1 aliphatic rings. The van der Waals surface area contributed by atoms with Crippen molar-refractivity contribution in [2.24, 2.45) is 0 Å². The van der Waals surface area contributed by atoms with E-state index in [-0.39, 0.29) is 37.0 Å². The Bertz CT molecular complexity index is 779. The van der Waals surface area contributed by atoms with E-state index in [0.29, 0.717) is 18.7 Å². The highest BCUT2D eigenvalue weighted by Crippen LogP contribution is 2.14. The van der Waals surface area contributed by atoms with Gasteiger partial charge in [-0.2, -0.15) is 0 Å². The van der Waals surface area contributed by atoms with Crippen LogP contribution in [0.1, 0.15) is 22.5 Å². The molecule has 0 aliphatic carbocycles. The molecule has 1 aromatic carbocycles. The molecule has 25 heavy (non-hydrogen) atoms. The monoisotopic (exact) mass is 348 g/mol. The quantitative estimate of drug-likeness (QED) is 0.858. The summed E-state index contributed by atoms with van der Waals surface area (Å²) in [7, 11) is 0. The lowest BCUT2D eigenvalue weighted by Crippen LogP contribution is -2.49. The number of carboxylic acids is 1. The fourth-order valence-corrected chi connectivity index (χ4v) is 2.74. The summed E-state index contributed by atoms with van der Waals surface area (Å²) in [5, 5.41) is 16.7. The van der Waals surface area contributed by atoms with Crippen LogP contribution >= 0.6 is 0 Å². The number of hydrogen-bond donors (Lipinski definition) is 1. The van der Waals surface area contributed by atoms with E-state index in [1.165, 1.54) is 27.9 Å². The fraction of sp³-hybridized carbons (Fsp3) is 0.375. The van der Waals surface area contributed by atoms with Gasteiger partial charge in [-0.05, 0) is 17.7 Å². The van der Waals surface area contributed by atoms with E-state index < -0.39 is 12.0 Å². The number of carbonyl (C=O) groups excluding carboxylic acids is 1. The van der Waals surface area contributed by atoms with Crippen molar-refractivity contribution in [2.45, 2.75) is 19.0 Å². The highest BCUT2D eigenvalue weighted by molar-refractivity contribution is 5.92. The molecule has 0 bridgehead atoms. The molecule has 2 aromatic rings. The van der Waals surface area contributed by atoms with E-state index in [2.05, 4.69) is 10.3 Å². The van der Waals surface area contributed by atoms with Crippen molar-refractivity contribution in [2.75, 3.05) is 19.8 Å². The number of aliphatic carboxylic acids is 1. The number of nitrogens with zero attached hydrogens (tertiary/aromatic N) is 4. The van der Waals surface area contributed by atoms with Crippen molar-refractivity contribution in [3.05, 3.63) is 47.5 Å². The maximum Gasteiger partial charge on any atom is 0.305 e. The van der Waals surface area contributed by atoms with Crippen molar-refractivity contribution in [3.8, 4) is 0 Å². The Kier molecular flexibility index (Phi) is 5.03. The van der Waals surface area contributed by atoms with Gasteiger partial charge in [0.05, 0.1) is 38.4 Å². The molecule has 0 spiro atoms. The lowest BCUT2D eigenvalue weighted by Gasteiger charge is -2.34. The van der Waals surface area contributed by atoms with E-state index >= 15 is 0 Å². The van der Waals surface area contributed by atoms with Crippen LogP contribution in [-0.2, 0) is 16.1 Å². The molecule has 1 saturated heterocycles. The van der Waals surface area contributed by atoms with Gasteiger partial charge in [-0.1, -0.05) is 17.3 Å². The molecule has 132 valence electrons. The Labute approximate surface area is 142 Å². The van der Waals surface area contributed by atoms with Crippen LogP contribution in [0.5, 0.6) is 0 Å². The molecule has 8 nitrogen and oxygen atoms in total. The number of halogens is 1. The van der Waals surface area contributed by atoms with Crippen molar-refractivity contribution >= 4 is 11.9 Å². The van der Waals surface area contributed by atoms with E-state index in [1.54, 1.807) is 12.1 Å². The van der Waals surface area contributed by atoms with Crippen LogP contribution in [0.3, 0.4) is 0 Å². The topological polar surface area (TPSA) is 97.6 Å². The normalized spacial score (nSPS) is 17.5. The molecule has 1 amide bonds. The van der Waals surface area contributed by atoms with Gasteiger partial charge < -0.3 is 14.7 Å². The van der Waals surface area contributed by atoms with Gasteiger partial charge in [0.15, 0.2) is 5.69 Å². The van der Waals surface area contributed by atoms with Gasteiger partial charge in [0.25, 0.3) is 5.91 Å². The number of hydrogen-bond acceptors (Lipinski definition) is 5. The number of carbonyl (C=O) groups is 2. The highest BCUT2D eigenvalue weighted by atomic mass is 19.1. The number of rotatable bonds is 5. The lowest BCUT2D eigenvalue weighted by molar-refractivity contribution is -0.139. The second kappa shape index (κ2) is 7.39. The number of ether oxygens (including phenoxy) is 1. The minimum Gasteiger partial charge on any atom is -0.481 e. The highest BCUT2D eigenvalue weighted by Gasteiger charge is 2.31. The van der Waals surface area contributed by atoms with Crippen LogP contribution in [0.15, 0.2) is 30.5 Å². The minimum atomic E-state index is -0.997. The second-order valence-corrected chi connectivity index (χ2v) is 5.76. The Morgan fingerprint density at radius 1 is 1.40 bits per heavy atom. The van der Waals surface area contributed by atoms with Crippen molar-refractivity contribution in [1.82, 2.24) is 19.9 Å². The second-order valence-electron chi connectivity index (χ2n) is 5.76. The molecule has 1 atom stereocenters. The largest absolute Gasteiger partial charge is 0.481 e. The van der Waals surface area contributed by atoms with E-state index in [9.17, 15) is 14.0 Å². The molecule has 1 fully saturated rings. The predicted octanol–water partition coefficient (Wildman–Crippen LogP) is 0.781. The van der Waals surface area contributed by atoms with Crippen LogP contribution in [-0.4, -0.2) is 62.7 Å². The Morgan fingerprint density at radius 2 is 2.24 bits per heavy atom. The average Bonchev–Trinajstić information content (AvgIpc) is 3.03. The average molecular weight is 348 g/mol. The number of aromatic nitrogens is 3. The number of morpholine rings is 1. The zero-order valence-electron chi connectivity index (χ0n) is 13.3. The SMILES string of the molecule is O=C(O)CC1COCCN1C(=O)c1cn(Cc2cccc(F)c2)nn1. The third-order valence-corrected chi connectivity index (χ3v) is 3.89. The Morgan fingerprint density at radius 3 is 3.00 bits per heavy atom. The predicted molar refractivity (Wildman–Crippen MR) is 83.4 cm³/mol. The van der Waals surface area contributed by atoms with Gasteiger partial charge in [-0.15, -0.1) is 5.10 Å². The van der Waals surface area contributed by atoms with Gasteiger partial charge in [0.2, 0.25) is 0 Å². The summed E-state index contributed by atoms with van der Waals surface area (Å²) in [5.74, 6) is -1.73. The molecule has 3 rings (SSSR count). The van der Waals surface area contributed by atoms with E-state index in [1.807, 2.05) is 0 Å². The van der Waals surface area contributed by atoms with Gasteiger partial charge in [0.1, 0.15) is 5.82 Å². The zero-order chi connectivity index (χ0) is 17.8. The molecule has 2 heterocycles. The number of benzene rings is 1. The third kappa shape index (κ3) is 4.18.